The summed E-state index contributed by atoms with van der Waals surface area (Å²) in [5.74, 6) is 0.375. The highest BCUT2D eigenvalue weighted by Crippen LogP contribution is 2.13. The molecule has 0 unspecified atom stereocenters. The number of carbonyl (C=O) groups excluding carboxylic acids is 2. The number of anilines is 1. The lowest BCUT2D eigenvalue weighted by molar-refractivity contribution is -0.117. The van der Waals surface area contributed by atoms with Crippen molar-refractivity contribution in [2.75, 3.05) is 32.1 Å². The van der Waals surface area contributed by atoms with E-state index < -0.39 is 0 Å². The third kappa shape index (κ3) is 5.99. The smallest absolute Gasteiger partial charge is 0.254 e. The molecule has 2 amide bonds. The SMILES string of the molecule is COCCCN(CC(=O)Nc1cc(C)on1)C(=O)c1ccc(Br)cc1. The fourth-order valence-electron chi connectivity index (χ4n) is 2.21. The van der Waals surface area contributed by atoms with Gasteiger partial charge in [-0.3, -0.25) is 9.59 Å². The molecule has 0 spiro atoms. The minimum Gasteiger partial charge on any atom is -0.385 e. The quantitative estimate of drug-likeness (QED) is 0.677. The molecule has 0 atom stereocenters. The Labute approximate surface area is 154 Å². The van der Waals surface area contributed by atoms with Crippen LogP contribution in [-0.4, -0.2) is 48.7 Å². The molecule has 0 saturated heterocycles. The van der Waals surface area contributed by atoms with Gasteiger partial charge in [-0.2, -0.15) is 0 Å². The van der Waals surface area contributed by atoms with Crippen molar-refractivity contribution in [3.8, 4) is 0 Å². The molecular weight excluding hydrogens is 390 g/mol. The van der Waals surface area contributed by atoms with Gasteiger partial charge in [0.2, 0.25) is 5.91 Å². The lowest BCUT2D eigenvalue weighted by Crippen LogP contribution is -2.39. The Bertz CT molecular complexity index is 715. The van der Waals surface area contributed by atoms with Gasteiger partial charge in [-0.15, -0.1) is 0 Å². The third-order valence-corrected chi connectivity index (χ3v) is 3.91. The Kier molecular flexibility index (Phi) is 7.15. The van der Waals surface area contributed by atoms with Gasteiger partial charge in [0.25, 0.3) is 5.91 Å². The number of aryl methyl sites for hydroxylation is 1. The third-order valence-electron chi connectivity index (χ3n) is 3.38. The van der Waals surface area contributed by atoms with E-state index in [0.29, 0.717) is 36.7 Å². The number of nitrogens with zero attached hydrogens (tertiary/aromatic N) is 2. The first kappa shape index (κ1) is 19.1. The van der Waals surface area contributed by atoms with Crippen LogP contribution in [0.4, 0.5) is 5.82 Å². The summed E-state index contributed by atoms with van der Waals surface area (Å²) in [6.45, 7) is 2.57. The lowest BCUT2D eigenvalue weighted by Gasteiger charge is -2.22. The summed E-state index contributed by atoms with van der Waals surface area (Å²) in [7, 11) is 1.60. The van der Waals surface area contributed by atoms with E-state index >= 15 is 0 Å². The second-order valence-corrected chi connectivity index (χ2v) is 6.37. The van der Waals surface area contributed by atoms with E-state index in [9.17, 15) is 9.59 Å². The zero-order valence-electron chi connectivity index (χ0n) is 14.1. The van der Waals surface area contributed by atoms with Gasteiger partial charge in [0.15, 0.2) is 5.82 Å². The first-order chi connectivity index (χ1) is 12.0. The first-order valence-corrected chi connectivity index (χ1v) is 8.56. The van der Waals surface area contributed by atoms with Crippen molar-refractivity contribution in [2.45, 2.75) is 13.3 Å². The number of hydrogen-bond acceptors (Lipinski definition) is 5. The van der Waals surface area contributed by atoms with E-state index in [-0.39, 0.29) is 18.4 Å². The number of hydrogen-bond donors (Lipinski definition) is 1. The maximum atomic E-state index is 12.7. The molecule has 8 heteroatoms. The molecule has 0 aliphatic carbocycles. The van der Waals surface area contributed by atoms with Crippen LogP contribution >= 0.6 is 15.9 Å². The minimum absolute atomic E-state index is 0.0789. The van der Waals surface area contributed by atoms with Crippen LogP contribution in [-0.2, 0) is 9.53 Å². The second kappa shape index (κ2) is 9.33. The number of amides is 2. The Balaban J connectivity index is 2.04. The van der Waals surface area contributed by atoms with Crippen LogP contribution in [0.2, 0.25) is 0 Å². The summed E-state index contributed by atoms with van der Waals surface area (Å²) >= 11 is 3.34. The van der Waals surface area contributed by atoms with Crippen molar-refractivity contribution in [3.05, 3.63) is 46.1 Å². The van der Waals surface area contributed by atoms with Gasteiger partial charge in [-0.05, 0) is 37.6 Å². The molecule has 25 heavy (non-hydrogen) atoms. The zero-order chi connectivity index (χ0) is 18.2. The molecule has 0 aliphatic heterocycles. The van der Waals surface area contributed by atoms with Crippen molar-refractivity contribution >= 4 is 33.6 Å². The predicted molar refractivity (Wildman–Crippen MR) is 96.4 cm³/mol. The molecule has 7 nitrogen and oxygen atoms in total. The van der Waals surface area contributed by atoms with Crippen LogP contribution in [0.3, 0.4) is 0 Å². The first-order valence-electron chi connectivity index (χ1n) is 7.76. The van der Waals surface area contributed by atoms with Gasteiger partial charge in [-0.25, -0.2) is 0 Å². The number of methoxy groups -OCH3 is 1. The van der Waals surface area contributed by atoms with Crippen molar-refractivity contribution in [1.82, 2.24) is 10.1 Å². The molecule has 0 radical (unpaired) electrons. The van der Waals surface area contributed by atoms with Gasteiger partial charge in [-0.1, -0.05) is 21.1 Å². The molecule has 1 aromatic carbocycles. The molecule has 0 aliphatic rings. The van der Waals surface area contributed by atoms with Crippen LogP contribution < -0.4 is 5.32 Å². The predicted octanol–water partition coefficient (Wildman–Crippen LogP) is 2.86. The van der Waals surface area contributed by atoms with E-state index in [2.05, 4.69) is 26.4 Å². The number of aromatic nitrogens is 1. The summed E-state index contributed by atoms with van der Waals surface area (Å²) < 4.78 is 10.8. The second-order valence-electron chi connectivity index (χ2n) is 5.45. The van der Waals surface area contributed by atoms with Gasteiger partial charge >= 0.3 is 0 Å². The zero-order valence-corrected chi connectivity index (χ0v) is 15.7. The number of nitrogens with one attached hydrogen (secondary N) is 1. The summed E-state index contributed by atoms with van der Waals surface area (Å²) in [6.07, 6.45) is 0.634. The van der Waals surface area contributed by atoms with E-state index in [1.807, 2.05) is 0 Å². The van der Waals surface area contributed by atoms with Crippen LogP contribution in [0.15, 0.2) is 39.3 Å². The minimum atomic E-state index is -0.337. The number of carbonyl (C=O) groups is 2. The molecule has 1 aromatic heterocycles. The van der Waals surface area contributed by atoms with E-state index in [4.69, 9.17) is 9.26 Å². The highest BCUT2D eigenvalue weighted by Gasteiger charge is 2.19. The van der Waals surface area contributed by atoms with Crippen molar-refractivity contribution in [3.63, 3.8) is 0 Å². The van der Waals surface area contributed by atoms with Crippen LogP contribution in [0, 0.1) is 6.92 Å². The van der Waals surface area contributed by atoms with Gasteiger partial charge in [0, 0.05) is 36.4 Å². The van der Waals surface area contributed by atoms with E-state index in [1.165, 1.54) is 4.90 Å². The van der Waals surface area contributed by atoms with Crippen molar-refractivity contribution in [2.24, 2.45) is 0 Å². The van der Waals surface area contributed by atoms with Gasteiger partial charge < -0.3 is 19.5 Å². The molecular formula is C17H20BrN3O4. The molecule has 0 saturated carbocycles. The number of halogens is 1. The summed E-state index contributed by atoms with van der Waals surface area (Å²) in [5, 5.41) is 6.34. The molecule has 1 heterocycles. The Hall–Kier alpha value is -2.19. The molecule has 0 fully saturated rings. The Morgan fingerprint density at radius 3 is 2.64 bits per heavy atom. The number of benzene rings is 1. The van der Waals surface area contributed by atoms with E-state index in [0.717, 1.165) is 4.47 Å². The van der Waals surface area contributed by atoms with Gasteiger partial charge in [0.05, 0.1) is 0 Å². The Morgan fingerprint density at radius 2 is 2.04 bits per heavy atom. The van der Waals surface area contributed by atoms with Crippen LogP contribution in [0.25, 0.3) is 0 Å². The maximum Gasteiger partial charge on any atom is 0.254 e. The van der Waals surface area contributed by atoms with Crippen LogP contribution in [0.1, 0.15) is 22.5 Å². The molecule has 2 rings (SSSR count). The fourth-order valence-corrected chi connectivity index (χ4v) is 2.47. The van der Waals surface area contributed by atoms with Crippen LogP contribution in [0.5, 0.6) is 0 Å². The summed E-state index contributed by atoms with van der Waals surface area (Å²) in [5.41, 5.74) is 0.519. The number of ether oxygens (including phenoxy) is 1. The average molecular weight is 410 g/mol. The molecule has 2 aromatic rings. The summed E-state index contributed by atoms with van der Waals surface area (Å²) in [6, 6.07) is 8.63. The van der Waals surface area contributed by atoms with Crippen molar-refractivity contribution in [1.29, 1.82) is 0 Å². The van der Waals surface area contributed by atoms with Gasteiger partial charge in [0.1, 0.15) is 12.3 Å². The van der Waals surface area contributed by atoms with E-state index in [1.54, 1.807) is 44.4 Å². The lowest BCUT2D eigenvalue weighted by atomic mass is 10.2. The highest BCUT2D eigenvalue weighted by molar-refractivity contribution is 9.10. The monoisotopic (exact) mass is 409 g/mol. The Morgan fingerprint density at radius 1 is 1.32 bits per heavy atom. The molecule has 1 N–H and O–H groups in total. The standard InChI is InChI=1S/C17H20BrN3O4/c1-12-10-15(20-25-12)19-16(22)11-21(8-3-9-24-2)17(23)13-4-6-14(18)7-5-13/h4-7,10H,3,8-9,11H2,1-2H3,(H,19,20,22). The molecule has 134 valence electrons. The average Bonchev–Trinajstić information content (AvgIpc) is 2.99. The fraction of sp³-hybridized carbons (Fsp3) is 0.353. The number of rotatable bonds is 8. The normalized spacial score (nSPS) is 10.5. The largest absolute Gasteiger partial charge is 0.385 e. The highest BCUT2D eigenvalue weighted by atomic mass is 79.9. The van der Waals surface area contributed by atoms with Crippen molar-refractivity contribution < 1.29 is 18.8 Å². The maximum absolute atomic E-state index is 12.7. The molecule has 0 bridgehead atoms. The summed E-state index contributed by atoms with van der Waals surface area (Å²) in [4.78, 5) is 26.4. The topological polar surface area (TPSA) is 84.7 Å².